The van der Waals surface area contributed by atoms with Crippen molar-refractivity contribution in [1.82, 2.24) is 0 Å². The number of hydrogen-bond acceptors (Lipinski definition) is 2. The Morgan fingerprint density at radius 1 is 1.25 bits per heavy atom. The van der Waals surface area contributed by atoms with Crippen LogP contribution in [0, 0.1) is 0 Å². The van der Waals surface area contributed by atoms with Crippen molar-refractivity contribution in [3.05, 3.63) is 29.3 Å². The average Bonchev–Trinajstić information content (AvgIpc) is 2.55. The molecule has 1 aromatic rings. The summed E-state index contributed by atoms with van der Waals surface area (Å²) in [6, 6.07) is 4.64. The van der Waals surface area contributed by atoms with Crippen molar-refractivity contribution in [2.45, 2.75) is 25.3 Å². The first-order valence-electron chi connectivity index (χ1n) is 4.83. The molecule has 2 nitrogen and oxygen atoms in total. The van der Waals surface area contributed by atoms with E-state index in [1.807, 2.05) is 0 Å². The fourth-order valence-electron chi connectivity index (χ4n) is 1.88. The van der Waals surface area contributed by atoms with Crippen molar-refractivity contribution >= 4 is 0 Å². The molecule has 0 saturated heterocycles. The number of hydrogen-bond donors (Lipinski definition) is 0. The molecule has 1 aliphatic heterocycles. The zero-order valence-corrected chi connectivity index (χ0v) is 8.84. The summed E-state index contributed by atoms with van der Waals surface area (Å²) >= 11 is 0. The lowest BCUT2D eigenvalue weighted by Crippen LogP contribution is -2.20. The lowest BCUT2D eigenvalue weighted by Gasteiger charge is -2.15. The monoisotopic (exact) mass is 232 g/mol. The fourth-order valence-corrected chi connectivity index (χ4v) is 1.88. The third-order valence-corrected chi connectivity index (χ3v) is 2.65. The Labute approximate surface area is 91.0 Å². The summed E-state index contributed by atoms with van der Waals surface area (Å²) in [6.45, 7) is 1.61. The van der Waals surface area contributed by atoms with Crippen LogP contribution in [0.1, 0.15) is 30.3 Å². The van der Waals surface area contributed by atoms with Crippen LogP contribution >= 0.6 is 0 Å². The lowest BCUT2D eigenvalue weighted by atomic mass is 10.0. The van der Waals surface area contributed by atoms with Crippen molar-refractivity contribution in [2.24, 2.45) is 0 Å². The highest BCUT2D eigenvalue weighted by atomic mass is 19.4. The molecule has 2 unspecified atom stereocenters. The largest absolute Gasteiger partial charge is 0.497 e. The van der Waals surface area contributed by atoms with Gasteiger partial charge >= 0.3 is 6.18 Å². The van der Waals surface area contributed by atoms with E-state index in [0.717, 1.165) is 0 Å². The number of methoxy groups -OCH3 is 1. The van der Waals surface area contributed by atoms with Crippen molar-refractivity contribution < 1.29 is 22.6 Å². The highest BCUT2D eigenvalue weighted by Gasteiger charge is 2.48. The van der Waals surface area contributed by atoms with Gasteiger partial charge in [0.15, 0.2) is 6.10 Å². The molecule has 0 aromatic heterocycles. The minimum atomic E-state index is -4.38. The second-order valence-electron chi connectivity index (χ2n) is 3.69. The Balaban J connectivity index is 2.46. The number of alkyl halides is 3. The highest BCUT2D eigenvalue weighted by Crippen LogP contribution is 2.48. The van der Waals surface area contributed by atoms with E-state index in [2.05, 4.69) is 0 Å². The van der Waals surface area contributed by atoms with Crippen LogP contribution in [0.5, 0.6) is 5.75 Å². The average molecular weight is 232 g/mol. The predicted molar refractivity (Wildman–Crippen MR) is 51.3 cm³/mol. The predicted octanol–water partition coefficient (Wildman–Crippen LogP) is 3.39. The SMILES string of the molecule is COc1ccc2c(c1)C(C(F)(F)F)OC2C. The van der Waals surface area contributed by atoms with Gasteiger partial charge in [-0.2, -0.15) is 13.2 Å². The molecule has 2 rings (SSSR count). The number of halogens is 3. The van der Waals surface area contributed by atoms with E-state index in [-0.39, 0.29) is 5.56 Å². The number of benzene rings is 1. The summed E-state index contributed by atoms with van der Waals surface area (Å²) in [5.41, 5.74) is 0.725. The van der Waals surface area contributed by atoms with E-state index in [4.69, 9.17) is 9.47 Å². The zero-order chi connectivity index (χ0) is 11.9. The first-order chi connectivity index (χ1) is 7.43. The normalized spacial score (nSPS) is 24.3. The van der Waals surface area contributed by atoms with Crippen LogP contribution in [0.25, 0.3) is 0 Å². The highest BCUT2D eigenvalue weighted by molar-refractivity contribution is 5.41. The van der Waals surface area contributed by atoms with Gasteiger partial charge in [0.2, 0.25) is 0 Å². The van der Waals surface area contributed by atoms with Crippen molar-refractivity contribution in [3.8, 4) is 5.75 Å². The van der Waals surface area contributed by atoms with Gasteiger partial charge in [0.05, 0.1) is 13.2 Å². The molecular weight excluding hydrogens is 221 g/mol. The Hall–Kier alpha value is -1.23. The van der Waals surface area contributed by atoms with Gasteiger partial charge in [-0.1, -0.05) is 6.07 Å². The molecule has 0 aliphatic carbocycles. The molecule has 1 aliphatic rings. The van der Waals surface area contributed by atoms with Gasteiger partial charge in [0.25, 0.3) is 0 Å². The molecule has 1 heterocycles. The van der Waals surface area contributed by atoms with Crippen LogP contribution in [0.3, 0.4) is 0 Å². The van der Waals surface area contributed by atoms with Gasteiger partial charge in [-0.25, -0.2) is 0 Å². The fraction of sp³-hybridized carbons (Fsp3) is 0.455. The smallest absolute Gasteiger partial charge is 0.418 e. The van der Waals surface area contributed by atoms with E-state index in [1.165, 1.54) is 13.2 Å². The van der Waals surface area contributed by atoms with Crippen molar-refractivity contribution in [3.63, 3.8) is 0 Å². The minimum Gasteiger partial charge on any atom is -0.497 e. The summed E-state index contributed by atoms with van der Waals surface area (Å²) in [4.78, 5) is 0. The summed E-state index contributed by atoms with van der Waals surface area (Å²) in [5.74, 6) is 0.408. The van der Waals surface area contributed by atoms with Crippen LogP contribution in [-0.4, -0.2) is 13.3 Å². The van der Waals surface area contributed by atoms with Crippen LogP contribution in [0.15, 0.2) is 18.2 Å². The number of ether oxygens (including phenoxy) is 2. The Bertz CT molecular complexity index is 401. The topological polar surface area (TPSA) is 18.5 Å². The van der Waals surface area contributed by atoms with Gasteiger partial charge in [0, 0.05) is 0 Å². The minimum absolute atomic E-state index is 0.152. The van der Waals surface area contributed by atoms with Crippen LogP contribution in [0.2, 0.25) is 0 Å². The molecule has 5 heteroatoms. The van der Waals surface area contributed by atoms with Crippen molar-refractivity contribution in [1.29, 1.82) is 0 Å². The summed E-state index contributed by atoms with van der Waals surface area (Å²) < 4.78 is 47.9. The first kappa shape index (κ1) is 11.3. The molecule has 0 N–H and O–H groups in total. The van der Waals surface area contributed by atoms with Crippen LogP contribution < -0.4 is 4.74 Å². The molecule has 16 heavy (non-hydrogen) atoms. The summed E-state index contributed by atoms with van der Waals surface area (Å²) in [5, 5.41) is 0. The second kappa shape index (κ2) is 3.66. The molecule has 1 aromatic carbocycles. The molecule has 0 amide bonds. The molecule has 0 saturated carbocycles. The molecule has 0 bridgehead atoms. The Morgan fingerprint density at radius 2 is 1.94 bits per heavy atom. The van der Waals surface area contributed by atoms with Gasteiger partial charge in [-0.15, -0.1) is 0 Å². The number of fused-ring (bicyclic) bond motifs is 1. The standard InChI is InChI=1S/C11H11F3O2/c1-6-8-4-3-7(15-2)5-9(8)10(16-6)11(12,13)14/h3-6,10H,1-2H3. The van der Waals surface area contributed by atoms with E-state index >= 15 is 0 Å². The first-order valence-corrected chi connectivity index (χ1v) is 4.83. The maximum Gasteiger partial charge on any atom is 0.418 e. The van der Waals surface area contributed by atoms with E-state index in [1.54, 1.807) is 19.1 Å². The van der Waals surface area contributed by atoms with E-state index in [0.29, 0.717) is 11.3 Å². The summed E-state index contributed by atoms with van der Waals surface area (Å²) in [7, 11) is 1.42. The summed E-state index contributed by atoms with van der Waals surface area (Å²) in [6.07, 6.45) is -6.76. The van der Waals surface area contributed by atoms with Crippen LogP contribution in [0.4, 0.5) is 13.2 Å². The maximum absolute atomic E-state index is 12.7. The van der Waals surface area contributed by atoms with Gasteiger partial charge < -0.3 is 9.47 Å². The molecule has 88 valence electrons. The second-order valence-corrected chi connectivity index (χ2v) is 3.69. The molecular formula is C11H11F3O2. The Morgan fingerprint density at radius 3 is 2.50 bits per heavy atom. The van der Waals surface area contributed by atoms with E-state index < -0.39 is 18.4 Å². The number of rotatable bonds is 1. The third kappa shape index (κ3) is 1.75. The molecule has 0 radical (unpaired) electrons. The quantitative estimate of drug-likeness (QED) is 0.738. The zero-order valence-electron chi connectivity index (χ0n) is 8.84. The lowest BCUT2D eigenvalue weighted by molar-refractivity contribution is -0.226. The van der Waals surface area contributed by atoms with Crippen molar-refractivity contribution in [2.75, 3.05) is 7.11 Å². The van der Waals surface area contributed by atoms with Gasteiger partial charge in [-0.3, -0.25) is 0 Å². The maximum atomic E-state index is 12.7. The van der Waals surface area contributed by atoms with E-state index in [9.17, 15) is 13.2 Å². The third-order valence-electron chi connectivity index (χ3n) is 2.65. The molecule has 0 spiro atoms. The molecule has 0 fully saturated rings. The Kier molecular flexibility index (Phi) is 2.58. The van der Waals surface area contributed by atoms with Gasteiger partial charge in [0.1, 0.15) is 5.75 Å². The van der Waals surface area contributed by atoms with Gasteiger partial charge in [-0.05, 0) is 30.2 Å². The molecule has 2 atom stereocenters. The van der Waals surface area contributed by atoms with Crippen LogP contribution in [-0.2, 0) is 4.74 Å².